The van der Waals surface area contributed by atoms with Crippen molar-refractivity contribution in [3.8, 4) is 22.3 Å². The average Bonchev–Trinajstić information content (AvgIpc) is 3.16. The number of benzene rings is 4. The minimum atomic E-state index is 1.32. The fourth-order valence-electron chi connectivity index (χ4n) is 4.70. The molecule has 0 spiro atoms. The molecule has 2 aliphatic rings. The van der Waals surface area contributed by atoms with Gasteiger partial charge >= 0.3 is 0 Å². The van der Waals surface area contributed by atoms with Gasteiger partial charge < -0.3 is 0 Å². The van der Waals surface area contributed by atoms with Gasteiger partial charge in [-0.15, -0.1) is 0 Å². The summed E-state index contributed by atoms with van der Waals surface area (Å²) >= 11 is 0. The molecule has 0 bridgehead atoms. The molecule has 4 aromatic rings. The van der Waals surface area contributed by atoms with E-state index in [9.17, 15) is 0 Å². The fraction of sp³-hybridized carbons (Fsp3) is 0.0833. The summed E-state index contributed by atoms with van der Waals surface area (Å²) in [4.78, 5) is 0. The molecule has 0 unspecified atom stereocenters. The highest BCUT2D eigenvalue weighted by atomic mass is 14.2. The Balaban J connectivity index is 1.62. The molecule has 0 saturated heterocycles. The van der Waals surface area contributed by atoms with E-state index < -0.39 is 0 Å². The molecular formula is C24H16B2. The van der Waals surface area contributed by atoms with Crippen molar-refractivity contribution in [1.82, 2.24) is 0 Å². The molecule has 2 heteroatoms. The molecule has 4 aromatic carbocycles. The Bertz CT molecular complexity index is 1250. The Morgan fingerprint density at radius 1 is 0.577 bits per heavy atom. The maximum absolute atomic E-state index is 2.39. The number of hydrogen-bond acceptors (Lipinski definition) is 0. The Hall–Kier alpha value is -2.73. The highest BCUT2D eigenvalue weighted by Crippen LogP contribution is 2.32. The molecule has 0 aromatic heterocycles. The van der Waals surface area contributed by atoms with E-state index in [-0.39, 0.29) is 0 Å². The summed E-state index contributed by atoms with van der Waals surface area (Å²) in [5.41, 5.74) is 13.5. The van der Waals surface area contributed by atoms with Crippen molar-refractivity contribution in [1.29, 1.82) is 0 Å². The number of fused-ring (bicyclic) bond motifs is 8. The van der Waals surface area contributed by atoms with Crippen molar-refractivity contribution in [3.63, 3.8) is 0 Å². The first-order valence-corrected chi connectivity index (χ1v) is 9.20. The van der Waals surface area contributed by atoms with Gasteiger partial charge in [0.05, 0.1) is 0 Å². The van der Waals surface area contributed by atoms with Crippen LogP contribution in [-0.4, -0.2) is 14.6 Å². The third-order valence-electron chi connectivity index (χ3n) is 5.89. The van der Waals surface area contributed by atoms with Crippen LogP contribution in [0.25, 0.3) is 33.0 Å². The molecule has 26 heavy (non-hydrogen) atoms. The first kappa shape index (κ1) is 14.4. The smallest absolute Gasteiger partial charge is 0.0735 e. The molecule has 6 rings (SSSR count). The lowest BCUT2D eigenvalue weighted by molar-refractivity contribution is 1.50. The van der Waals surface area contributed by atoms with Crippen molar-refractivity contribution >= 4 is 47.2 Å². The summed E-state index contributed by atoms with van der Waals surface area (Å²) < 4.78 is 0. The largest absolute Gasteiger partial charge is 0.193 e. The van der Waals surface area contributed by atoms with Crippen LogP contribution >= 0.6 is 0 Å². The lowest BCUT2D eigenvalue weighted by atomic mass is 9.65. The Morgan fingerprint density at radius 2 is 1.27 bits per heavy atom. The molecular weight excluding hydrogens is 310 g/mol. The second-order valence-corrected chi connectivity index (χ2v) is 7.61. The van der Waals surface area contributed by atoms with E-state index >= 15 is 0 Å². The second-order valence-electron chi connectivity index (χ2n) is 7.61. The highest BCUT2D eigenvalue weighted by Gasteiger charge is 2.27. The quantitative estimate of drug-likeness (QED) is 0.377. The van der Waals surface area contributed by atoms with Crippen molar-refractivity contribution in [2.24, 2.45) is 0 Å². The van der Waals surface area contributed by atoms with Crippen molar-refractivity contribution in [2.45, 2.75) is 13.8 Å². The van der Waals surface area contributed by atoms with Crippen LogP contribution in [0.2, 0.25) is 0 Å². The molecule has 0 fully saturated rings. The van der Waals surface area contributed by atoms with E-state index in [1.807, 2.05) is 0 Å². The van der Waals surface area contributed by atoms with Crippen LogP contribution in [0.5, 0.6) is 0 Å². The summed E-state index contributed by atoms with van der Waals surface area (Å²) in [6.45, 7) is 4.38. The molecule has 118 valence electrons. The normalized spacial score (nSPS) is 12.8. The van der Waals surface area contributed by atoms with Crippen molar-refractivity contribution in [3.05, 3.63) is 71.8 Å². The standard InChI is InChI=1S/C24H16B2/c1-13-7-8-16-18-11-22-19(12-21(18)25-20(16)9-13)24-17-6-4-3-5-15(17)14(2)10-23(24)26-22/h3-12H,1-2H3. The lowest BCUT2D eigenvalue weighted by Crippen LogP contribution is -2.24. The Labute approximate surface area is 155 Å². The SMILES string of the molecule is Cc1ccc2c(c1)[B]c1cc3c(cc1-2)[B]c1cc(C)c2ccccc2c1-3. The van der Waals surface area contributed by atoms with Gasteiger partial charge in [0.15, 0.2) is 14.6 Å². The maximum atomic E-state index is 2.39. The molecule has 0 aliphatic carbocycles. The van der Waals surface area contributed by atoms with Gasteiger partial charge in [-0.2, -0.15) is 0 Å². The van der Waals surface area contributed by atoms with E-state index in [4.69, 9.17) is 0 Å². The van der Waals surface area contributed by atoms with Gasteiger partial charge in [0.1, 0.15) is 0 Å². The summed E-state index contributed by atoms with van der Waals surface area (Å²) in [5, 5.41) is 2.72. The summed E-state index contributed by atoms with van der Waals surface area (Å²) in [6, 6.07) is 22.7. The molecule has 2 radical (unpaired) electrons. The topological polar surface area (TPSA) is 0 Å². The first-order valence-electron chi connectivity index (χ1n) is 9.20. The van der Waals surface area contributed by atoms with Gasteiger partial charge in [-0.1, -0.05) is 88.1 Å². The molecule has 2 aliphatic heterocycles. The molecule has 0 saturated carbocycles. The second kappa shape index (κ2) is 4.92. The fourth-order valence-corrected chi connectivity index (χ4v) is 4.70. The van der Waals surface area contributed by atoms with Crippen LogP contribution in [0.1, 0.15) is 11.1 Å². The van der Waals surface area contributed by atoms with Gasteiger partial charge in [-0.3, -0.25) is 0 Å². The van der Waals surface area contributed by atoms with Crippen LogP contribution in [0.4, 0.5) is 0 Å². The predicted octanol–water partition coefficient (Wildman–Crippen LogP) is 2.73. The van der Waals surface area contributed by atoms with E-state index in [1.54, 1.807) is 0 Å². The van der Waals surface area contributed by atoms with Gasteiger partial charge in [0.2, 0.25) is 0 Å². The van der Waals surface area contributed by atoms with Crippen molar-refractivity contribution in [2.75, 3.05) is 0 Å². The number of rotatable bonds is 0. The third-order valence-corrected chi connectivity index (χ3v) is 5.89. The average molecular weight is 326 g/mol. The van der Waals surface area contributed by atoms with Gasteiger partial charge in [-0.25, -0.2) is 0 Å². The Morgan fingerprint density at radius 3 is 2.15 bits per heavy atom. The first-order chi connectivity index (χ1) is 12.7. The van der Waals surface area contributed by atoms with E-state index in [2.05, 4.69) is 89.1 Å². The minimum Gasteiger partial charge on any atom is -0.0735 e. The van der Waals surface area contributed by atoms with E-state index in [0.29, 0.717) is 0 Å². The zero-order valence-corrected chi connectivity index (χ0v) is 14.9. The minimum absolute atomic E-state index is 1.32. The van der Waals surface area contributed by atoms with E-state index in [1.165, 1.54) is 66.0 Å². The molecule has 0 N–H and O–H groups in total. The Kier molecular flexibility index (Phi) is 2.73. The van der Waals surface area contributed by atoms with Crippen LogP contribution < -0.4 is 21.9 Å². The molecule has 2 heterocycles. The zero-order valence-electron chi connectivity index (χ0n) is 14.9. The van der Waals surface area contributed by atoms with E-state index in [0.717, 1.165) is 0 Å². The summed E-state index contributed by atoms with van der Waals surface area (Å²) in [5.74, 6) is 0. The van der Waals surface area contributed by atoms with Crippen molar-refractivity contribution < 1.29 is 0 Å². The number of hydrogen-bond donors (Lipinski definition) is 0. The lowest BCUT2D eigenvalue weighted by Gasteiger charge is -2.11. The van der Waals surface area contributed by atoms with Crippen LogP contribution in [-0.2, 0) is 0 Å². The summed E-state index contributed by atoms with van der Waals surface area (Å²) in [7, 11) is 4.70. The highest BCUT2D eigenvalue weighted by molar-refractivity contribution is 6.77. The van der Waals surface area contributed by atoms with Crippen LogP contribution in [0.15, 0.2) is 60.7 Å². The number of aryl methyl sites for hydroxylation is 2. The van der Waals surface area contributed by atoms with Crippen LogP contribution in [0.3, 0.4) is 0 Å². The van der Waals surface area contributed by atoms with Gasteiger partial charge in [0.25, 0.3) is 0 Å². The maximum Gasteiger partial charge on any atom is 0.193 e. The molecule has 0 amide bonds. The zero-order chi connectivity index (χ0) is 17.4. The monoisotopic (exact) mass is 326 g/mol. The van der Waals surface area contributed by atoms with Gasteiger partial charge in [-0.05, 0) is 52.4 Å². The summed E-state index contributed by atoms with van der Waals surface area (Å²) in [6.07, 6.45) is 0. The third kappa shape index (κ3) is 1.82. The van der Waals surface area contributed by atoms with Crippen LogP contribution in [0, 0.1) is 13.8 Å². The molecule has 0 atom stereocenters. The van der Waals surface area contributed by atoms with Gasteiger partial charge in [0, 0.05) is 0 Å². The molecule has 0 nitrogen and oxygen atoms in total. The predicted molar refractivity (Wildman–Crippen MR) is 114 cm³/mol.